The van der Waals surface area contributed by atoms with E-state index in [1.54, 1.807) is 24.3 Å². The van der Waals surface area contributed by atoms with Crippen molar-refractivity contribution in [1.82, 2.24) is 0 Å². The lowest BCUT2D eigenvalue weighted by Gasteiger charge is -2.23. The quantitative estimate of drug-likeness (QED) is 0.263. The number of hydrogen-bond donors (Lipinski definition) is 0. The summed E-state index contributed by atoms with van der Waals surface area (Å²) in [6.45, 7) is 10.8. The zero-order valence-corrected chi connectivity index (χ0v) is 19.1. The highest BCUT2D eigenvalue weighted by atomic mass is 16.5. The van der Waals surface area contributed by atoms with Gasteiger partial charge in [0.1, 0.15) is 0 Å². The average Bonchev–Trinajstić information content (AvgIpc) is 2.65. The van der Waals surface area contributed by atoms with E-state index in [2.05, 4.69) is 27.7 Å². The molecule has 1 atom stereocenters. The summed E-state index contributed by atoms with van der Waals surface area (Å²) in [6.07, 6.45) is 10.1. The fraction of sp³-hybridized carbons (Fsp3) is 0.680. The first-order chi connectivity index (χ1) is 13.7. The maximum Gasteiger partial charge on any atom is 0.339 e. The van der Waals surface area contributed by atoms with E-state index in [0.717, 1.165) is 19.3 Å². The molecule has 1 aromatic carbocycles. The van der Waals surface area contributed by atoms with Crippen molar-refractivity contribution >= 4 is 11.9 Å². The fourth-order valence-electron chi connectivity index (χ4n) is 3.47. The normalized spacial score (nSPS) is 12.4. The van der Waals surface area contributed by atoms with Gasteiger partial charge in [0.2, 0.25) is 0 Å². The monoisotopic (exact) mass is 404 g/mol. The molecule has 4 heteroatoms. The molecule has 0 spiro atoms. The van der Waals surface area contributed by atoms with Crippen LogP contribution in [0.25, 0.3) is 0 Å². The van der Waals surface area contributed by atoms with E-state index < -0.39 is 11.9 Å². The van der Waals surface area contributed by atoms with Gasteiger partial charge in [-0.25, -0.2) is 9.59 Å². The lowest BCUT2D eigenvalue weighted by Crippen LogP contribution is -2.23. The van der Waals surface area contributed by atoms with Gasteiger partial charge in [-0.1, -0.05) is 84.8 Å². The van der Waals surface area contributed by atoms with E-state index in [4.69, 9.17) is 9.47 Å². The maximum absolute atomic E-state index is 12.6. The van der Waals surface area contributed by atoms with Gasteiger partial charge in [0.05, 0.1) is 23.8 Å². The minimum absolute atomic E-state index is 0.0636. The summed E-state index contributed by atoms with van der Waals surface area (Å²) >= 11 is 0. The van der Waals surface area contributed by atoms with Crippen molar-refractivity contribution in [2.45, 2.75) is 98.5 Å². The van der Waals surface area contributed by atoms with E-state index in [-0.39, 0.29) is 22.6 Å². The van der Waals surface area contributed by atoms with E-state index in [0.29, 0.717) is 6.61 Å². The van der Waals surface area contributed by atoms with Crippen LogP contribution in [-0.4, -0.2) is 24.6 Å². The van der Waals surface area contributed by atoms with Crippen LogP contribution >= 0.6 is 0 Å². The summed E-state index contributed by atoms with van der Waals surface area (Å²) in [5, 5.41) is 0. The molecule has 4 nitrogen and oxygen atoms in total. The van der Waals surface area contributed by atoms with Crippen molar-refractivity contribution in [2.24, 2.45) is 5.41 Å². The zero-order valence-electron chi connectivity index (χ0n) is 19.1. The van der Waals surface area contributed by atoms with Gasteiger partial charge in [0, 0.05) is 0 Å². The van der Waals surface area contributed by atoms with Crippen LogP contribution in [0.2, 0.25) is 0 Å². The van der Waals surface area contributed by atoms with Crippen LogP contribution in [0, 0.1) is 5.41 Å². The Bertz CT molecular complexity index is 615. The van der Waals surface area contributed by atoms with Gasteiger partial charge in [-0.15, -0.1) is 0 Å². The molecule has 29 heavy (non-hydrogen) atoms. The Kier molecular flexibility index (Phi) is 11.6. The lowest BCUT2D eigenvalue weighted by atomic mass is 9.90. The van der Waals surface area contributed by atoms with Crippen molar-refractivity contribution in [3.63, 3.8) is 0 Å². The highest BCUT2D eigenvalue weighted by Crippen LogP contribution is 2.23. The summed E-state index contributed by atoms with van der Waals surface area (Å²) in [6, 6.07) is 6.72. The molecule has 0 amide bonds. The van der Waals surface area contributed by atoms with Crippen LogP contribution < -0.4 is 0 Å². The third-order valence-corrected chi connectivity index (χ3v) is 4.81. The third kappa shape index (κ3) is 11.1. The van der Waals surface area contributed by atoms with Crippen LogP contribution in [0.1, 0.15) is 113 Å². The molecule has 0 N–H and O–H groups in total. The molecule has 0 aliphatic rings. The van der Waals surface area contributed by atoms with Crippen molar-refractivity contribution < 1.29 is 19.1 Å². The second-order valence-corrected chi connectivity index (χ2v) is 9.14. The minimum atomic E-state index is -0.471. The van der Waals surface area contributed by atoms with Gasteiger partial charge >= 0.3 is 11.9 Å². The van der Waals surface area contributed by atoms with Gasteiger partial charge in [-0.2, -0.15) is 0 Å². The van der Waals surface area contributed by atoms with Crippen LogP contribution in [0.3, 0.4) is 0 Å². The van der Waals surface area contributed by atoms with Crippen LogP contribution in [-0.2, 0) is 9.47 Å². The number of ether oxygens (including phenoxy) is 2. The molecule has 0 aromatic heterocycles. The van der Waals surface area contributed by atoms with Gasteiger partial charge in [-0.05, 0) is 37.3 Å². The molecule has 0 aliphatic heterocycles. The number of esters is 2. The zero-order chi connectivity index (χ0) is 21.7. The molecule has 1 rings (SSSR count). The molecular weight excluding hydrogens is 364 g/mol. The van der Waals surface area contributed by atoms with Crippen molar-refractivity contribution in [1.29, 1.82) is 0 Å². The SMILES string of the molecule is CCCCCCCCCCOC(=O)c1ccccc1C(=O)OC(C)CC(C)(C)C. The largest absolute Gasteiger partial charge is 0.462 e. The Hall–Kier alpha value is -1.84. The molecule has 0 fully saturated rings. The molecule has 0 radical (unpaired) electrons. The third-order valence-electron chi connectivity index (χ3n) is 4.81. The topological polar surface area (TPSA) is 52.6 Å². The lowest BCUT2D eigenvalue weighted by molar-refractivity contribution is 0.0244. The number of hydrogen-bond acceptors (Lipinski definition) is 4. The molecule has 0 saturated carbocycles. The smallest absolute Gasteiger partial charge is 0.339 e. The van der Waals surface area contributed by atoms with Crippen molar-refractivity contribution in [2.75, 3.05) is 6.61 Å². The molecule has 164 valence electrons. The van der Waals surface area contributed by atoms with E-state index in [1.165, 1.54) is 38.5 Å². The van der Waals surface area contributed by atoms with Crippen LogP contribution in [0.4, 0.5) is 0 Å². The Morgan fingerprint density at radius 3 is 1.93 bits per heavy atom. The Morgan fingerprint density at radius 1 is 0.862 bits per heavy atom. The Labute approximate surface area is 177 Å². The average molecular weight is 405 g/mol. The molecule has 0 saturated heterocycles. The molecule has 0 heterocycles. The first kappa shape index (κ1) is 25.2. The van der Waals surface area contributed by atoms with Crippen LogP contribution in [0.15, 0.2) is 24.3 Å². The number of carbonyl (C=O) groups is 2. The predicted molar refractivity (Wildman–Crippen MR) is 118 cm³/mol. The van der Waals surface area contributed by atoms with Crippen molar-refractivity contribution in [3.8, 4) is 0 Å². The summed E-state index contributed by atoms with van der Waals surface area (Å²) in [5.41, 5.74) is 0.614. The maximum atomic E-state index is 12.6. The Balaban J connectivity index is 2.45. The number of rotatable bonds is 13. The van der Waals surface area contributed by atoms with Gasteiger partial charge in [-0.3, -0.25) is 0 Å². The first-order valence-corrected chi connectivity index (χ1v) is 11.2. The highest BCUT2D eigenvalue weighted by Gasteiger charge is 2.23. The number of carbonyl (C=O) groups excluding carboxylic acids is 2. The first-order valence-electron chi connectivity index (χ1n) is 11.2. The fourth-order valence-corrected chi connectivity index (χ4v) is 3.47. The summed E-state index contributed by atoms with van der Waals surface area (Å²) in [7, 11) is 0. The second-order valence-electron chi connectivity index (χ2n) is 9.14. The van der Waals surface area contributed by atoms with Gasteiger partial charge in [0.25, 0.3) is 0 Å². The molecular formula is C25H40O4. The van der Waals surface area contributed by atoms with Crippen LogP contribution in [0.5, 0.6) is 0 Å². The summed E-state index contributed by atoms with van der Waals surface area (Å²) < 4.78 is 11.0. The standard InChI is InChI=1S/C25H40O4/c1-6-7-8-9-10-11-12-15-18-28-23(26)21-16-13-14-17-22(21)24(27)29-20(2)19-25(3,4)5/h13-14,16-17,20H,6-12,15,18-19H2,1-5H3. The predicted octanol–water partition coefficient (Wildman–Crippen LogP) is 6.97. The molecule has 0 bridgehead atoms. The van der Waals surface area contributed by atoms with Gasteiger partial charge < -0.3 is 9.47 Å². The number of benzene rings is 1. The van der Waals surface area contributed by atoms with E-state index in [1.807, 2.05) is 6.92 Å². The molecule has 1 unspecified atom stereocenters. The van der Waals surface area contributed by atoms with E-state index >= 15 is 0 Å². The highest BCUT2D eigenvalue weighted by molar-refractivity contribution is 6.03. The summed E-state index contributed by atoms with van der Waals surface area (Å²) in [5.74, 6) is -0.926. The molecule has 0 aliphatic carbocycles. The van der Waals surface area contributed by atoms with E-state index in [9.17, 15) is 9.59 Å². The summed E-state index contributed by atoms with van der Waals surface area (Å²) in [4.78, 5) is 25.0. The number of unbranched alkanes of at least 4 members (excludes halogenated alkanes) is 7. The second kappa shape index (κ2) is 13.4. The molecule has 1 aromatic rings. The van der Waals surface area contributed by atoms with Gasteiger partial charge in [0.15, 0.2) is 0 Å². The van der Waals surface area contributed by atoms with Crippen molar-refractivity contribution in [3.05, 3.63) is 35.4 Å². The minimum Gasteiger partial charge on any atom is -0.462 e. The Morgan fingerprint density at radius 2 is 1.38 bits per heavy atom.